The molecule has 37 heavy (non-hydrogen) atoms. The highest BCUT2D eigenvalue weighted by Crippen LogP contribution is 2.39. The van der Waals surface area contributed by atoms with Crippen LogP contribution in [0.15, 0.2) is 84.9 Å². The largest absolute Gasteiger partial charge is 0.485 e. The number of hydrogen-bond donors (Lipinski definition) is 1. The molecule has 0 fully saturated rings. The van der Waals surface area contributed by atoms with E-state index in [1.54, 1.807) is 0 Å². The van der Waals surface area contributed by atoms with Crippen LogP contribution >= 0.6 is 0 Å². The first-order valence-electron chi connectivity index (χ1n) is 12.6. The third kappa shape index (κ3) is 5.39. The smallest absolute Gasteiger partial charge is 0.343 e. The minimum Gasteiger partial charge on any atom is -0.485 e. The Kier molecular flexibility index (Phi) is 7.28. The fourth-order valence-corrected chi connectivity index (χ4v) is 4.80. The number of para-hydroxylation sites is 2. The van der Waals surface area contributed by atoms with Gasteiger partial charge in [0.25, 0.3) is 0 Å². The number of carbonyl (C=O) groups excluding carboxylic acids is 1. The summed E-state index contributed by atoms with van der Waals surface area (Å²) in [4.78, 5) is 13.9. The van der Waals surface area contributed by atoms with Crippen molar-refractivity contribution in [1.82, 2.24) is 5.32 Å². The molecule has 6 heteroatoms. The lowest BCUT2D eigenvalue weighted by Gasteiger charge is -2.37. The lowest BCUT2D eigenvalue weighted by Crippen LogP contribution is -2.44. The van der Waals surface area contributed by atoms with Gasteiger partial charge < -0.3 is 24.4 Å². The Labute approximate surface area is 217 Å². The number of anilines is 2. The van der Waals surface area contributed by atoms with Gasteiger partial charge in [-0.15, -0.1) is 0 Å². The molecule has 0 saturated carbocycles. The van der Waals surface area contributed by atoms with Gasteiger partial charge in [0.05, 0.1) is 19.3 Å². The molecular weight excluding hydrogens is 464 g/mol. The monoisotopic (exact) mass is 496 g/mol. The van der Waals surface area contributed by atoms with Gasteiger partial charge in [-0.2, -0.15) is 0 Å². The normalized spacial score (nSPS) is 15.5. The third-order valence-electron chi connectivity index (χ3n) is 6.83. The number of nitrogens with one attached hydrogen (secondary N) is 1. The minimum atomic E-state index is -0.409. The highest BCUT2D eigenvalue weighted by atomic mass is 16.6. The van der Waals surface area contributed by atoms with E-state index in [1.165, 1.54) is 23.4 Å². The lowest BCUT2D eigenvalue weighted by atomic mass is 9.99. The summed E-state index contributed by atoms with van der Waals surface area (Å²) in [6, 6.07) is 29.2. The number of esters is 1. The highest BCUT2D eigenvalue weighted by Gasteiger charge is 2.27. The van der Waals surface area contributed by atoms with Crippen LogP contribution in [0.1, 0.15) is 24.1 Å². The molecule has 2 atom stereocenters. The van der Waals surface area contributed by atoms with Crippen LogP contribution in [0, 0.1) is 6.92 Å². The van der Waals surface area contributed by atoms with Gasteiger partial charge in [0, 0.05) is 24.3 Å². The zero-order valence-corrected chi connectivity index (χ0v) is 21.4. The number of ether oxygens (including phenoxy) is 3. The first-order valence-corrected chi connectivity index (χ1v) is 12.6. The second kappa shape index (κ2) is 10.9. The number of nitrogens with zero attached hydrogens (tertiary/aromatic N) is 1. The predicted molar refractivity (Wildman–Crippen MR) is 147 cm³/mol. The Balaban J connectivity index is 1.35. The molecule has 1 aliphatic heterocycles. The fourth-order valence-electron chi connectivity index (χ4n) is 4.80. The van der Waals surface area contributed by atoms with Crippen LogP contribution in [0.4, 0.5) is 11.4 Å². The van der Waals surface area contributed by atoms with Crippen LogP contribution in [0.3, 0.4) is 0 Å². The summed E-state index contributed by atoms with van der Waals surface area (Å²) in [7, 11) is 1.36. The van der Waals surface area contributed by atoms with Crippen LogP contribution in [-0.4, -0.2) is 38.9 Å². The van der Waals surface area contributed by atoms with Gasteiger partial charge in [-0.05, 0) is 53.9 Å². The minimum absolute atomic E-state index is 0.0620. The number of fused-ring (bicyclic) bond motifs is 2. The molecule has 4 aromatic carbocycles. The van der Waals surface area contributed by atoms with E-state index >= 15 is 0 Å². The molecule has 6 nitrogen and oxygen atoms in total. The van der Waals surface area contributed by atoms with Crippen LogP contribution in [0.5, 0.6) is 11.5 Å². The van der Waals surface area contributed by atoms with Gasteiger partial charge in [-0.3, -0.25) is 0 Å². The summed E-state index contributed by atoms with van der Waals surface area (Å²) in [6.45, 7) is 5.39. The molecule has 0 spiro atoms. The number of rotatable bonds is 8. The summed E-state index contributed by atoms with van der Waals surface area (Å²) in [5.41, 5.74) is 4.21. The number of carbonyl (C=O) groups is 1. The maximum absolute atomic E-state index is 11.6. The topological polar surface area (TPSA) is 60.0 Å². The number of aryl methyl sites for hydroxylation is 1. The van der Waals surface area contributed by atoms with E-state index in [0.29, 0.717) is 18.8 Å². The van der Waals surface area contributed by atoms with E-state index in [2.05, 4.69) is 71.7 Å². The van der Waals surface area contributed by atoms with Crippen LogP contribution in [0.2, 0.25) is 0 Å². The molecule has 0 radical (unpaired) electrons. The van der Waals surface area contributed by atoms with Gasteiger partial charge in [0.1, 0.15) is 17.6 Å². The summed E-state index contributed by atoms with van der Waals surface area (Å²) >= 11 is 0. The molecule has 0 bridgehead atoms. The van der Waals surface area contributed by atoms with Gasteiger partial charge in [-0.25, -0.2) is 4.79 Å². The van der Waals surface area contributed by atoms with E-state index in [0.717, 1.165) is 22.7 Å². The van der Waals surface area contributed by atoms with Gasteiger partial charge in [0.15, 0.2) is 6.61 Å². The average molecular weight is 497 g/mol. The first kappa shape index (κ1) is 24.7. The maximum Gasteiger partial charge on any atom is 0.343 e. The molecule has 1 N–H and O–H groups in total. The van der Waals surface area contributed by atoms with Crippen molar-refractivity contribution < 1.29 is 19.0 Å². The SMILES string of the molecule is COC(=O)COc1cc(N2CC(CN[C@H](C)c3cccc4ccccc34)Oc3ccccc32)ccc1C. The van der Waals surface area contributed by atoms with Crippen LogP contribution in [-0.2, 0) is 9.53 Å². The summed E-state index contributed by atoms with van der Waals surface area (Å²) in [6.07, 6.45) is -0.0620. The average Bonchev–Trinajstić information content (AvgIpc) is 2.94. The fraction of sp³-hybridized carbons (Fsp3) is 0.258. The van der Waals surface area contributed by atoms with Crippen LogP contribution in [0.25, 0.3) is 10.8 Å². The Morgan fingerprint density at radius 2 is 1.84 bits per heavy atom. The maximum atomic E-state index is 11.6. The molecule has 0 saturated heterocycles. The molecule has 0 aliphatic carbocycles. The van der Waals surface area contributed by atoms with Crippen molar-refractivity contribution in [2.24, 2.45) is 0 Å². The zero-order valence-electron chi connectivity index (χ0n) is 21.4. The van der Waals surface area contributed by atoms with Crippen LogP contribution < -0.4 is 19.7 Å². The Bertz CT molecular complexity index is 1400. The molecule has 1 aliphatic rings. The second-order valence-corrected chi connectivity index (χ2v) is 9.33. The number of benzene rings is 4. The molecule has 5 rings (SSSR count). The molecule has 4 aromatic rings. The van der Waals surface area contributed by atoms with E-state index in [4.69, 9.17) is 14.2 Å². The summed E-state index contributed by atoms with van der Waals surface area (Å²) in [5.74, 6) is 1.09. The predicted octanol–water partition coefficient (Wildman–Crippen LogP) is 5.95. The zero-order chi connectivity index (χ0) is 25.8. The number of hydrogen-bond acceptors (Lipinski definition) is 6. The number of methoxy groups -OCH3 is 1. The molecular formula is C31H32N2O4. The van der Waals surface area contributed by atoms with E-state index < -0.39 is 5.97 Å². The van der Waals surface area contributed by atoms with Crippen molar-refractivity contribution >= 4 is 28.1 Å². The Hall–Kier alpha value is -4.03. The van der Waals surface area contributed by atoms with E-state index in [9.17, 15) is 4.79 Å². The highest BCUT2D eigenvalue weighted by molar-refractivity contribution is 5.86. The Morgan fingerprint density at radius 1 is 1.05 bits per heavy atom. The van der Waals surface area contributed by atoms with E-state index in [1.807, 2.05) is 37.3 Å². The van der Waals surface area contributed by atoms with E-state index in [-0.39, 0.29) is 18.8 Å². The molecule has 1 heterocycles. The van der Waals surface area contributed by atoms with Gasteiger partial charge in [0.2, 0.25) is 0 Å². The van der Waals surface area contributed by atoms with Crippen molar-refractivity contribution in [3.8, 4) is 11.5 Å². The standard InChI is InChI=1S/C31H32N2O4/c1-21-15-16-24(17-30(21)36-20-31(34)35-3)33-19-25(37-29-14-7-6-13-28(29)33)18-32-22(2)26-12-8-10-23-9-4-5-11-27(23)26/h4-17,22,25,32H,18-20H2,1-3H3/t22-,25?/m1/s1. The van der Waals surface area contributed by atoms with Crippen molar-refractivity contribution in [3.63, 3.8) is 0 Å². The second-order valence-electron chi connectivity index (χ2n) is 9.33. The van der Waals surface area contributed by atoms with Crippen molar-refractivity contribution in [3.05, 3.63) is 96.1 Å². The third-order valence-corrected chi connectivity index (χ3v) is 6.83. The van der Waals surface area contributed by atoms with Crippen molar-refractivity contribution in [2.45, 2.75) is 26.0 Å². The molecule has 0 aromatic heterocycles. The van der Waals surface area contributed by atoms with Gasteiger partial charge in [-0.1, -0.05) is 60.7 Å². The summed E-state index contributed by atoms with van der Waals surface area (Å²) < 4.78 is 16.9. The molecule has 190 valence electrons. The summed E-state index contributed by atoms with van der Waals surface area (Å²) in [5, 5.41) is 6.20. The lowest BCUT2D eigenvalue weighted by molar-refractivity contribution is -0.142. The molecule has 0 amide bonds. The van der Waals surface area contributed by atoms with Crippen molar-refractivity contribution in [1.29, 1.82) is 0 Å². The Morgan fingerprint density at radius 3 is 2.70 bits per heavy atom. The molecule has 1 unspecified atom stereocenters. The van der Waals surface area contributed by atoms with Crippen molar-refractivity contribution in [2.75, 3.05) is 31.7 Å². The quantitative estimate of drug-likeness (QED) is 0.304. The van der Waals surface area contributed by atoms with Gasteiger partial charge >= 0.3 is 5.97 Å². The first-order chi connectivity index (χ1) is 18.0.